The number of rotatable bonds is 3. The van der Waals surface area contributed by atoms with Crippen molar-refractivity contribution in [2.75, 3.05) is 36.0 Å². The lowest BCUT2D eigenvalue weighted by Crippen LogP contribution is -2.30. The van der Waals surface area contributed by atoms with Crippen LogP contribution in [0.3, 0.4) is 0 Å². The average molecular weight is 364 g/mol. The molecule has 0 radical (unpaired) electrons. The SMILES string of the molecule is CC(C)(C)c1cc(N2CC3CN(c4ccc(C5CC5)nn4)CC3C2)ncn1. The van der Waals surface area contributed by atoms with Gasteiger partial charge in [0.1, 0.15) is 12.1 Å². The molecule has 4 heterocycles. The molecular weight excluding hydrogens is 336 g/mol. The number of nitrogens with zero attached hydrogens (tertiary/aromatic N) is 6. The third-order valence-corrected chi connectivity index (χ3v) is 6.22. The molecule has 142 valence electrons. The predicted molar refractivity (Wildman–Crippen MR) is 106 cm³/mol. The molecule has 0 N–H and O–H groups in total. The average Bonchev–Trinajstić information content (AvgIpc) is 3.31. The molecule has 27 heavy (non-hydrogen) atoms. The number of aromatic nitrogens is 4. The van der Waals surface area contributed by atoms with Gasteiger partial charge in [0, 0.05) is 55.4 Å². The Morgan fingerprint density at radius 3 is 2.07 bits per heavy atom. The highest BCUT2D eigenvalue weighted by atomic mass is 15.3. The molecule has 6 nitrogen and oxygen atoms in total. The minimum atomic E-state index is 0.0510. The Labute approximate surface area is 161 Å². The molecule has 3 fully saturated rings. The van der Waals surface area contributed by atoms with Gasteiger partial charge >= 0.3 is 0 Å². The second-order valence-corrected chi connectivity index (χ2v) is 9.43. The monoisotopic (exact) mass is 364 g/mol. The Balaban J connectivity index is 1.25. The quantitative estimate of drug-likeness (QED) is 0.834. The summed E-state index contributed by atoms with van der Waals surface area (Å²) >= 11 is 0. The van der Waals surface area contributed by atoms with Crippen LogP contribution in [-0.2, 0) is 5.41 Å². The van der Waals surface area contributed by atoms with Crippen molar-refractivity contribution in [3.8, 4) is 0 Å². The number of anilines is 2. The van der Waals surface area contributed by atoms with Gasteiger partial charge in [0.25, 0.3) is 0 Å². The molecule has 2 aliphatic heterocycles. The molecule has 0 aromatic carbocycles. The van der Waals surface area contributed by atoms with Crippen LogP contribution >= 0.6 is 0 Å². The number of fused-ring (bicyclic) bond motifs is 1. The lowest BCUT2D eigenvalue weighted by Gasteiger charge is -2.24. The van der Waals surface area contributed by atoms with Gasteiger partial charge in [-0.2, -0.15) is 5.10 Å². The summed E-state index contributed by atoms with van der Waals surface area (Å²) < 4.78 is 0. The summed E-state index contributed by atoms with van der Waals surface area (Å²) in [4.78, 5) is 13.9. The van der Waals surface area contributed by atoms with Crippen LogP contribution in [0.1, 0.15) is 50.9 Å². The molecular formula is C21H28N6. The molecule has 2 saturated heterocycles. The van der Waals surface area contributed by atoms with E-state index in [0.29, 0.717) is 17.8 Å². The second-order valence-electron chi connectivity index (χ2n) is 9.43. The summed E-state index contributed by atoms with van der Waals surface area (Å²) in [6, 6.07) is 6.51. The summed E-state index contributed by atoms with van der Waals surface area (Å²) in [7, 11) is 0. The van der Waals surface area contributed by atoms with E-state index in [-0.39, 0.29) is 5.41 Å². The summed E-state index contributed by atoms with van der Waals surface area (Å²) in [5, 5.41) is 8.96. The first-order valence-corrected chi connectivity index (χ1v) is 10.1. The van der Waals surface area contributed by atoms with Gasteiger partial charge < -0.3 is 9.80 Å². The van der Waals surface area contributed by atoms with Crippen molar-refractivity contribution in [2.24, 2.45) is 11.8 Å². The van der Waals surface area contributed by atoms with Crippen molar-refractivity contribution in [3.05, 3.63) is 35.9 Å². The van der Waals surface area contributed by atoms with Gasteiger partial charge in [0.05, 0.1) is 11.4 Å². The van der Waals surface area contributed by atoms with E-state index in [0.717, 1.165) is 43.5 Å². The zero-order chi connectivity index (χ0) is 18.6. The van der Waals surface area contributed by atoms with Crippen LogP contribution in [0.25, 0.3) is 0 Å². The van der Waals surface area contributed by atoms with Gasteiger partial charge in [-0.1, -0.05) is 20.8 Å². The lowest BCUT2D eigenvalue weighted by molar-refractivity contribution is 0.533. The molecule has 0 bridgehead atoms. The minimum absolute atomic E-state index is 0.0510. The zero-order valence-electron chi connectivity index (χ0n) is 16.5. The Morgan fingerprint density at radius 2 is 1.52 bits per heavy atom. The van der Waals surface area contributed by atoms with Crippen LogP contribution < -0.4 is 9.80 Å². The first-order chi connectivity index (χ1) is 13.0. The number of hydrogen-bond donors (Lipinski definition) is 0. The fraction of sp³-hybridized carbons (Fsp3) is 0.619. The summed E-state index contributed by atoms with van der Waals surface area (Å²) in [5.41, 5.74) is 2.33. The van der Waals surface area contributed by atoms with E-state index < -0.39 is 0 Å². The Hall–Kier alpha value is -2.24. The highest BCUT2D eigenvalue weighted by Gasteiger charge is 2.41. The number of hydrogen-bond acceptors (Lipinski definition) is 6. The first kappa shape index (κ1) is 16.9. The normalized spacial score (nSPS) is 25.1. The van der Waals surface area contributed by atoms with Crippen LogP contribution in [0.5, 0.6) is 0 Å². The van der Waals surface area contributed by atoms with Crippen molar-refractivity contribution in [1.29, 1.82) is 0 Å². The lowest BCUT2D eigenvalue weighted by atomic mass is 9.92. The van der Waals surface area contributed by atoms with E-state index in [1.165, 1.54) is 18.5 Å². The van der Waals surface area contributed by atoms with E-state index in [2.05, 4.69) is 68.9 Å². The highest BCUT2D eigenvalue weighted by Crippen LogP contribution is 2.39. The van der Waals surface area contributed by atoms with Crippen molar-refractivity contribution >= 4 is 11.6 Å². The van der Waals surface area contributed by atoms with Crippen molar-refractivity contribution in [3.63, 3.8) is 0 Å². The first-order valence-electron chi connectivity index (χ1n) is 10.1. The van der Waals surface area contributed by atoms with Crippen molar-refractivity contribution in [2.45, 2.75) is 44.9 Å². The zero-order valence-corrected chi connectivity index (χ0v) is 16.5. The molecule has 6 heteroatoms. The molecule has 0 amide bonds. The standard InChI is InChI=1S/C21H28N6/c1-21(2,3)18-8-20(23-13-22-18)27-11-15-9-26(10-16(15)12-27)19-7-6-17(24-25-19)14-4-5-14/h6-8,13-16H,4-5,9-12H2,1-3H3. The molecule has 1 aliphatic carbocycles. The van der Waals surface area contributed by atoms with Crippen LogP contribution in [0.2, 0.25) is 0 Å². The van der Waals surface area contributed by atoms with Gasteiger partial charge in [0.2, 0.25) is 0 Å². The highest BCUT2D eigenvalue weighted by molar-refractivity contribution is 5.45. The van der Waals surface area contributed by atoms with Crippen LogP contribution in [0.4, 0.5) is 11.6 Å². The topological polar surface area (TPSA) is 58.0 Å². The molecule has 3 aliphatic rings. The van der Waals surface area contributed by atoms with E-state index in [9.17, 15) is 0 Å². The minimum Gasteiger partial charge on any atom is -0.356 e. The second kappa shape index (κ2) is 6.14. The van der Waals surface area contributed by atoms with Crippen molar-refractivity contribution < 1.29 is 0 Å². The molecule has 5 rings (SSSR count). The summed E-state index contributed by atoms with van der Waals surface area (Å²) in [6.45, 7) is 10.9. The molecule has 2 aromatic heterocycles. The third kappa shape index (κ3) is 3.26. The molecule has 2 atom stereocenters. The van der Waals surface area contributed by atoms with Gasteiger partial charge in [-0.25, -0.2) is 9.97 Å². The van der Waals surface area contributed by atoms with Crippen molar-refractivity contribution in [1.82, 2.24) is 20.2 Å². The maximum Gasteiger partial charge on any atom is 0.151 e. The van der Waals surface area contributed by atoms with E-state index in [4.69, 9.17) is 0 Å². The predicted octanol–water partition coefficient (Wildman–Crippen LogP) is 3.01. The molecule has 0 spiro atoms. The summed E-state index contributed by atoms with van der Waals surface area (Å²) in [6.07, 6.45) is 4.27. The largest absolute Gasteiger partial charge is 0.356 e. The molecule has 2 unspecified atom stereocenters. The summed E-state index contributed by atoms with van der Waals surface area (Å²) in [5.74, 6) is 4.12. The Morgan fingerprint density at radius 1 is 0.852 bits per heavy atom. The smallest absolute Gasteiger partial charge is 0.151 e. The van der Waals surface area contributed by atoms with Crippen LogP contribution in [-0.4, -0.2) is 46.3 Å². The third-order valence-electron chi connectivity index (χ3n) is 6.22. The van der Waals surface area contributed by atoms with E-state index in [1.54, 1.807) is 6.33 Å². The fourth-order valence-corrected chi connectivity index (χ4v) is 4.40. The van der Waals surface area contributed by atoms with E-state index >= 15 is 0 Å². The van der Waals surface area contributed by atoms with Crippen LogP contribution in [0, 0.1) is 11.8 Å². The van der Waals surface area contributed by atoms with Crippen LogP contribution in [0.15, 0.2) is 24.5 Å². The Kier molecular flexibility index (Phi) is 3.85. The maximum atomic E-state index is 4.55. The maximum absolute atomic E-state index is 4.55. The van der Waals surface area contributed by atoms with Gasteiger partial charge in [-0.05, 0) is 25.0 Å². The van der Waals surface area contributed by atoms with Gasteiger partial charge in [-0.15, -0.1) is 5.10 Å². The fourth-order valence-electron chi connectivity index (χ4n) is 4.40. The molecule has 1 saturated carbocycles. The van der Waals surface area contributed by atoms with Gasteiger partial charge in [-0.3, -0.25) is 0 Å². The Bertz CT molecular complexity index is 809. The van der Waals surface area contributed by atoms with E-state index in [1.807, 2.05) is 0 Å². The van der Waals surface area contributed by atoms with Gasteiger partial charge in [0.15, 0.2) is 5.82 Å². The molecule has 2 aromatic rings.